The van der Waals surface area contributed by atoms with Gasteiger partial charge in [-0.1, -0.05) is 0 Å². The molecule has 0 aliphatic carbocycles. The maximum absolute atomic E-state index is 4.14. The third-order valence-corrected chi connectivity index (χ3v) is 2.11. The predicted molar refractivity (Wildman–Crippen MR) is 62.9 cm³/mol. The summed E-state index contributed by atoms with van der Waals surface area (Å²) >= 11 is 0. The molecule has 1 aromatic rings. The van der Waals surface area contributed by atoms with Crippen LogP contribution in [0.3, 0.4) is 0 Å². The monoisotopic (exact) mass is 226 g/mol. The van der Waals surface area contributed by atoms with Crippen LogP contribution in [-0.4, -0.2) is 50.8 Å². The summed E-state index contributed by atoms with van der Waals surface area (Å²) in [7, 11) is 3.83. The maximum Gasteiger partial charge on any atom is 0.188 e. The van der Waals surface area contributed by atoms with Gasteiger partial charge in [0.2, 0.25) is 0 Å². The van der Waals surface area contributed by atoms with Crippen molar-refractivity contribution >= 4 is 0 Å². The van der Waals surface area contributed by atoms with Gasteiger partial charge in [0, 0.05) is 18.6 Å². The number of aromatic nitrogens is 4. The van der Waals surface area contributed by atoms with Crippen LogP contribution in [0.1, 0.15) is 26.6 Å². The average molecular weight is 226 g/mol. The van der Waals surface area contributed by atoms with Gasteiger partial charge in [0.05, 0.1) is 13.6 Å². The van der Waals surface area contributed by atoms with Crippen LogP contribution in [0.4, 0.5) is 0 Å². The van der Waals surface area contributed by atoms with E-state index < -0.39 is 0 Å². The Morgan fingerprint density at radius 2 is 2.06 bits per heavy atom. The molecule has 1 heterocycles. The van der Waals surface area contributed by atoms with E-state index in [1.165, 1.54) is 4.80 Å². The Bertz CT molecular complexity index is 313. The third-order valence-electron chi connectivity index (χ3n) is 2.11. The van der Waals surface area contributed by atoms with Gasteiger partial charge in [0.1, 0.15) is 0 Å². The second-order valence-electron chi connectivity index (χ2n) is 5.11. The first-order valence-electron chi connectivity index (χ1n) is 5.53. The fourth-order valence-electron chi connectivity index (χ4n) is 1.33. The lowest BCUT2D eigenvalue weighted by molar-refractivity contribution is 0.297. The zero-order chi connectivity index (χ0) is 12.2. The van der Waals surface area contributed by atoms with E-state index in [2.05, 4.69) is 53.4 Å². The molecule has 6 heteroatoms. The molecule has 0 saturated carbocycles. The van der Waals surface area contributed by atoms with Crippen LogP contribution in [-0.2, 0) is 13.6 Å². The average Bonchev–Trinajstić information content (AvgIpc) is 2.48. The van der Waals surface area contributed by atoms with Crippen molar-refractivity contribution in [2.24, 2.45) is 7.05 Å². The Kier molecular flexibility index (Phi) is 4.37. The van der Waals surface area contributed by atoms with Crippen molar-refractivity contribution in [2.75, 3.05) is 20.1 Å². The molecule has 0 aliphatic heterocycles. The number of likely N-dealkylation sites (N-methyl/N-ethyl adjacent to an activating group) is 1. The molecule has 0 aromatic carbocycles. The van der Waals surface area contributed by atoms with Crippen LogP contribution >= 0.6 is 0 Å². The summed E-state index contributed by atoms with van der Waals surface area (Å²) in [6.07, 6.45) is 0. The molecule has 16 heavy (non-hydrogen) atoms. The van der Waals surface area contributed by atoms with Gasteiger partial charge in [0.25, 0.3) is 0 Å². The molecule has 1 rings (SSSR count). The molecule has 6 nitrogen and oxygen atoms in total. The molecule has 0 amide bonds. The Morgan fingerprint density at radius 1 is 1.38 bits per heavy atom. The van der Waals surface area contributed by atoms with E-state index in [1.54, 1.807) is 7.05 Å². The number of aryl methyl sites for hydroxylation is 1. The molecular formula is C10H22N6. The largest absolute Gasteiger partial charge is 0.311 e. The highest BCUT2D eigenvalue weighted by Gasteiger charge is 2.09. The Balaban J connectivity index is 2.23. The van der Waals surface area contributed by atoms with E-state index >= 15 is 0 Å². The smallest absolute Gasteiger partial charge is 0.188 e. The molecule has 0 bridgehead atoms. The number of hydrogen-bond donors (Lipinski definition) is 1. The summed E-state index contributed by atoms with van der Waals surface area (Å²) < 4.78 is 0. The molecule has 92 valence electrons. The predicted octanol–water partition coefficient (Wildman–Crippen LogP) is 0.0300. The number of rotatable bonds is 5. The summed E-state index contributed by atoms with van der Waals surface area (Å²) in [5.41, 5.74) is 0.172. The number of nitrogens with zero attached hydrogens (tertiary/aromatic N) is 5. The summed E-state index contributed by atoms with van der Waals surface area (Å²) in [6, 6.07) is 0. The van der Waals surface area contributed by atoms with Crippen LogP contribution in [0.15, 0.2) is 0 Å². The molecule has 0 unspecified atom stereocenters. The molecule has 0 saturated heterocycles. The molecule has 0 radical (unpaired) electrons. The van der Waals surface area contributed by atoms with Crippen molar-refractivity contribution in [3.8, 4) is 0 Å². The van der Waals surface area contributed by atoms with Gasteiger partial charge < -0.3 is 5.32 Å². The minimum atomic E-state index is 0.172. The molecule has 1 N–H and O–H groups in total. The standard InChI is InChI=1S/C10H22N6/c1-10(2,3)11-6-7-15(4)8-9-12-14-16(5)13-9/h11H,6-8H2,1-5H3. The second-order valence-corrected chi connectivity index (χ2v) is 5.11. The molecule has 0 atom stereocenters. The first-order chi connectivity index (χ1) is 7.37. The maximum atomic E-state index is 4.14. The van der Waals surface area contributed by atoms with Crippen LogP contribution in [0.25, 0.3) is 0 Å². The van der Waals surface area contributed by atoms with Crippen LogP contribution < -0.4 is 5.32 Å². The minimum absolute atomic E-state index is 0.172. The van der Waals surface area contributed by atoms with Crippen molar-refractivity contribution in [3.05, 3.63) is 5.82 Å². The van der Waals surface area contributed by atoms with E-state index in [1.807, 2.05) is 0 Å². The lowest BCUT2D eigenvalue weighted by Crippen LogP contribution is -2.40. The van der Waals surface area contributed by atoms with Gasteiger partial charge in [-0.3, -0.25) is 4.90 Å². The second kappa shape index (κ2) is 5.36. The van der Waals surface area contributed by atoms with Crippen LogP contribution in [0.5, 0.6) is 0 Å². The Morgan fingerprint density at radius 3 is 2.56 bits per heavy atom. The van der Waals surface area contributed by atoms with Crippen LogP contribution in [0, 0.1) is 0 Å². The zero-order valence-corrected chi connectivity index (χ0v) is 10.9. The SMILES string of the molecule is CN(CCNC(C)(C)C)Cc1nnn(C)n1. The van der Waals surface area contributed by atoms with E-state index in [9.17, 15) is 0 Å². The fourth-order valence-corrected chi connectivity index (χ4v) is 1.33. The topological polar surface area (TPSA) is 58.9 Å². The van der Waals surface area contributed by atoms with Crippen molar-refractivity contribution < 1.29 is 0 Å². The summed E-state index contributed by atoms with van der Waals surface area (Å²) in [4.78, 5) is 3.66. The van der Waals surface area contributed by atoms with Crippen molar-refractivity contribution in [1.29, 1.82) is 0 Å². The van der Waals surface area contributed by atoms with Crippen molar-refractivity contribution in [3.63, 3.8) is 0 Å². The van der Waals surface area contributed by atoms with Crippen molar-refractivity contribution in [1.82, 2.24) is 30.4 Å². The van der Waals surface area contributed by atoms with Gasteiger partial charge in [-0.2, -0.15) is 4.80 Å². The highest BCUT2D eigenvalue weighted by Crippen LogP contribution is 1.98. The summed E-state index contributed by atoms with van der Waals surface area (Å²) in [5.74, 6) is 0.765. The molecule has 0 spiro atoms. The summed E-state index contributed by atoms with van der Waals surface area (Å²) in [5, 5.41) is 15.3. The molecule has 1 aromatic heterocycles. The van der Waals surface area contributed by atoms with E-state index in [0.717, 1.165) is 25.5 Å². The molecule has 0 fully saturated rings. The zero-order valence-electron chi connectivity index (χ0n) is 10.9. The highest BCUT2D eigenvalue weighted by atomic mass is 15.6. The summed E-state index contributed by atoms with van der Waals surface area (Å²) in [6.45, 7) is 9.15. The minimum Gasteiger partial charge on any atom is -0.311 e. The Labute approximate surface area is 97.0 Å². The lowest BCUT2D eigenvalue weighted by Gasteiger charge is -2.22. The molecular weight excluding hydrogens is 204 g/mol. The van der Waals surface area contributed by atoms with E-state index in [4.69, 9.17) is 0 Å². The lowest BCUT2D eigenvalue weighted by atomic mass is 10.1. The first kappa shape index (κ1) is 13.1. The van der Waals surface area contributed by atoms with E-state index in [-0.39, 0.29) is 5.54 Å². The van der Waals surface area contributed by atoms with Gasteiger partial charge in [-0.15, -0.1) is 10.2 Å². The highest BCUT2D eigenvalue weighted by molar-refractivity contribution is 4.77. The number of hydrogen-bond acceptors (Lipinski definition) is 5. The Hall–Kier alpha value is -1.01. The van der Waals surface area contributed by atoms with Crippen molar-refractivity contribution in [2.45, 2.75) is 32.9 Å². The number of tetrazole rings is 1. The van der Waals surface area contributed by atoms with Gasteiger partial charge in [-0.05, 0) is 33.0 Å². The van der Waals surface area contributed by atoms with Gasteiger partial charge in [0.15, 0.2) is 5.82 Å². The quantitative estimate of drug-likeness (QED) is 0.767. The third kappa shape index (κ3) is 5.18. The van der Waals surface area contributed by atoms with Gasteiger partial charge >= 0.3 is 0 Å². The van der Waals surface area contributed by atoms with E-state index in [0.29, 0.717) is 0 Å². The van der Waals surface area contributed by atoms with Crippen LogP contribution in [0.2, 0.25) is 0 Å². The molecule has 0 aliphatic rings. The number of nitrogens with one attached hydrogen (secondary N) is 1. The van der Waals surface area contributed by atoms with Gasteiger partial charge in [-0.25, -0.2) is 0 Å². The first-order valence-corrected chi connectivity index (χ1v) is 5.53. The normalized spacial score (nSPS) is 12.4. The fraction of sp³-hybridized carbons (Fsp3) is 0.900.